The summed E-state index contributed by atoms with van der Waals surface area (Å²) in [6, 6.07) is 2.59. The molecule has 186 valence electrons. The van der Waals surface area contributed by atoms with Crippen LogP contribution in [0.2, 0.25) is 0 Å². The van der Waals surface area contributed by atoms with Gasteiger partial charge < -0.3 is 24.3 Å². The lowest BCUT2D eigenvalue weighted by Gasteiger charge is -2.34. The minimum Gasteiger partial charge on any atom is -0.383 e. The maximum atomic E-state index is 5.62. The average molecular weight is 480 g/mol. The van der Waals surface area contributed by atoms with Crippen LogP contribution in [-0.4, -0.2) is 79.7 Å². The first-order valence-corrected chi connectivity index (χ1v) is 12.1. The molecule has 5 rings (SSSR count). The smallest absolute Gasteiger partial charge is 0.203 e. The monoisotopic (exact) mass is 479 g/mol. The molecule has 1 fully saturated rings. The second-order valence-electron chi connectivity index (χ2n) is 9.47. The lowest BCUT2D eigenvalue weighted by Crippen LogP contribution is -2.44. The van der Waals surface area contributed by atoms with Gasteiger partial charge in [0, 0.05) is 32.0 Å². The van der Waals surface area contributed by atoms with Gasteiger partial charge >= 0.3 is 0 Å². The van der Waals surface area contributed by atoms with Gasteiger partial charge in [-0.15, -0.1) is 10.2 Å². The van der Waals surface area contributed by atoms with Gasteiger partial charge in [-0.1, -0.05) is 0 Å². The van der Waals surface area contributed by atoms with Gasteiger partial charge in [-0.3, -0.25) is 4.40 Å². The molecule has 1 N–H and O–H groups in total. The number of hydrogen-bond donors (Lipinski definition) is 1. The van der Waals surface area contributed by atoms with E-state index in [1.165, 1.54) is 0 Å². The molecule has 11 heteroatoms. The van der Waals surface area contributed by atoms with Crippen molar-refractivity contribution < 1.29 is 9.47 Å². The molecule has 1 aliphatic rings. The number of aromatic nitrogens is 7. The highest BCUT2D eigenvalue weighted by Gasteiger charge is 2.25. The molecule has 0 aromatic carbocycles. The highest BCUT2D eigenvalue weighted by Crippen LogP contribution is 2.31. The van der Waals surface area contributed by atoms with E-state index in [4.69, 9.17) is 24.4 Å². The third-order valence-corrected chi connectivity index (χ3v) is 6.29. The lowest BCUT2D eigenvalue weighted by molar-refractivity contribution is 0.0985. The Morgan fingerprint density at radius 3 is 2.80 bits per heavy atom. The maximum Gasteiger partial charge on any atom is 0.203 e. The number of imidazole rings is 1. The van der Waals surface area contributed by atoms with Crippen molar-refractivity contribution in [2.75, 3.05) is 43.7 Å². The van der Waals surface area contributed by atoms with Crippen LogP contribution in [0, 0.1) is 6.92 Å². The third kappa shape index (κ3) is 4.30. The molecule has 2 unspecified atom stereocenters. The third-order valence-electron chi connectivity index (χ3n) is 6.29. The molecular weight excluding hydrogens is 446 g/mol. The summed E-state index contributed by atoms with van der Waals surface area (Å²) in [5.74, 6) is 3.14. The van der Waals surface area contributed by atoms with Crippen LogP contribution in [0.15, 0.2) is 18.5 Å². The number of morpholine rings is 1. The number of fused-ring (bicyclic) bond motifs is 2. The van der Waals surface area contributed by atoms with Gasteiger partial charge in [0.25, 0.3) is 0 Å². The van der Waals surface area contributed by atoms with Crippen LogP contribution in [0.25, 0.3) is 28.2 Å². The Morgan fingerprint density at radius 2 is 2.06 bits per heavy atom. The van der Waals surface area contributed by atoms with Gasteiger partial charge in [0.15, 0.2) is 11.6 Å². The minimum atomic E-state index is 0.0263. The second-order valence-corrected chi connectivity index (χ2v) is 9.47. The van der Waals surface area contributed by atoms with Gasteiger partial charge in [-0.05, 0) is 34.6 Å². The molecular formula is C24H33N9O2. The van der Waals surface area contributed by atoms with E-state index in [9.17, 15) is 0 Å². The van der Waals surface area contributed by atoms with E-state index in [2.05, 4.69) is 58.7 Å². The van der Waals surface area contributed by atoms with Crippen molar-refractivity contribution in [2.24, 2.45) is 0 Å². The topological polar surface area (TPSA) is 108 Å². The van der Waals surface area contributed by atoms with E-state index in [-0.39, 0.29) is 18.1 Å². The van der Waals surface area contributed by atoms with Gasteiger partial charge in [-0.2, -0.15) is 0 Å². The van der Waals surface area contributed by atoms with Crippen LogP contribution in [0.4, 0.5) is 11.6 Å². The Hall–Kier alpha value is -3.31. The van der Waals surface area contributed by atoms with Crippen molar-refractivity contribution in [3.63, 3.8) is 0 Å². The number of rotatable bonds is 7. The molecule has 0 aliphatic carbocycles. The van der Waals surface area contributed by atoms with Gasteiger partial charge in [0.2, 0.25) is 5.65 Å². The van der Waals surface area contributed by atoms with E-state index in [1.54, 1.807) is 7.11 Å². The fraction of sp³-hybridized carbons (Fsp3) is 0.542. The number of nitrogens with one attached hydrogen (secondary N) is 1. The molecule has 11 nitrogen and oxygen atoms in total. The van der Waals surface area contributed by atoms with Crippen molar-refractivity contribution in [1.29, 1.82) is 0 Å². The van der Waals surface area contributed by atoms with Crippen LogP contribution >= 0.6 is 0 Å². The van der Waals surface area contributed by atoms with Crippen LogP contribution < -0.4 is 10.2 Å². The summed E-state index contributed by atoms with van der Waals surface area (Å²) in [6.07, 6.45) is 3.80. The normalized spacial score (nSPS) is 17.6. The van der Waals surface area contributed by atoms with Gasteiger partial charge in [0.1, 0.15) is 22.9 Å². The zero-order chi connectivity index (χ0) is 24.7. The van der Waals surface area contributed by atoms with E-state index >= 15 is 0 Å². The standard InChI is InChI=1S/C24H33N9O2/c1-14(2)26-22-24-30-29-17(5)32(24)11-19(27-22)23-28-18-10-25-21(31-7-8-35-13-15(31)3)9-20(18)33(23)16(4)12-34-6/h9-11,14-16H,7-8,12-13H2,1-6H3,(H,26,27). The predicted octanol–water partition coefficient (Wildman–Crippen LogP) is 3.10. The molecule has 1 aliphatic heterocycles. The van der Waals surface area contributed by atoms with Crippen molar-refractivity contribution in [3.05, 3.63) is 24.3 Å². The van der Waals surface area contributed by atoms with Gasteiger partial charge in [0.05, 0.1) is 43.6 Å². The zero-order valence-electron chi connectivity index (χ0n) is 21.2. The van der Waals surface area contributed by atoms with Crippen molar-refractivity contribution in [1.82, 2.24) is 34.1 Å². The molecule has 5 heterocycles. The first kappa shape index (κ1) is 23.4. The predicted molar refractivity (Wildman–Crippen MR) is 135 cm³/mol. The Kier molecular flexibility index (Phi) is 6.28. The summed E-state index contributed by atoms with van der Waals surface area (Å²) in [4.78, 5) is 17.0. The summed E-state index contributed by atoms with van der Waals surface area (Å²) >= 11 is 0. The molecule has 0 spiro atoms. The number of hydrogen-bond acceptors (Lipinski definition) is 9. The molecule has 4 aromatic heterocycles. The summed E-state index contributed by atoms with van der Waals surface area (Å²) in [5, 5.41) is 12.0. The van der Waals surface area contributed by atoms with Crippen LogP contribution in [0.1, 0.15) is 39.6 Å². The van der Waals surface area contributed by atoms with Crippen molar-refractivity contribution in [3.8, 4) is 11.5 Å². The summed E-state index contributed by atoms with van der Waals surface area (Å²) in [5.41, 5.74) is 3.23. The largest absolute Gasteiger partial charge is 0.383 e. The molecule has 0 bridgehead atoms. The quantitative estimate of drug-likeness (QED) is 0.428. The van der Waals surface area contributed by atoms with E-state index in [1.807, 2.05) is 23.7 Å². The van der Waals surface area contributed by atoms with Crippen LogP contribution in [-0.2, 0) is 9.47 Å². The Bertz CT molecular complexity index is 1350. The zero-order valence-corrected chi connectivity index (χ0v) is 21.2. The number of ether oxygens (including phenoxy) is 2. The molecule has 4 aromatic rings. The summed E-state index contributed by atoms with van der Waals surface area (Å²) in [7, 11) is 1.72. The summed E-state index contributed by atoms with van der Waals surface area (Å²) in [6.45, 7) is 13.1. The minimum absolute atomic E-state index is 0.0263. The highest BCUT2D eigenvalue weighted by molar-refractivity contribution is 5.82. The number of nitrogens with zero attached hydrogens (tertiary/aromatic N) is 8. The summed E-state index contributed by atoms with van der Waals surface area (Å²) < 4.78 is 15.3. The first-order valence-electron chi connectivity index (χ1n) is 12.1. The van der Waals surface area contributed by atoms with Crippen molar-refractivity contribution in [2.45, 2.75) is 52.7 Å². The maximum absolute atomic E-state index is 5.62. The van der Waals surface area contributed by atoms with E-state index < -0.39 is 0 Å². The van der Waals surface area contributed by atoms with Gasteiger partial charge in [-0.25, -0.2) is 15.0 Å². The Balaban J connectivity index is 1.70. The van der Waals surface area contributed by atoms with Crippen LogP contribution in [0.3, 0.4) is 0 Å². The Labute approximate surface area is 204 Å². The molecule has 0 saturated carbocycles. The van der Waals surface area contributed by atoms with E-state index in [0.29, 0.717) is 31.3 Å². The molecule has 0 amide bonds. The average Bonchev–Trinajstić information content (AvgIpc) is 3.39. The van der Waals surface area contributed by atoms with Crippen LogP contribution in [0.5, 0.6) is 0 Å². The molecule has 2 atom stereocenters. The number of methoxy groups -OCH3 is 1. The molecule has 1 saturated heterocycles. The number of pyridine rings is 1. The lowest BCUT2D eigenvalue weighted by atomic mass is 10.2. The first-order chi connectivity index (χ1) is 16.9. The number of aryl methyl sites for hydroxylation is 1. The molecule has 0 radical (unpaired) electrons. The SMILES string of the molecule is COCC(C)n1c(-c2cn3c(C)nnc3c(NC(C)C)n2)nc2cnc(N3CCOCC3C)cc21. The van der Waals surface area contributed by atoms with Crippen molar-refractivity contribution >= 4 is 28.3 Å². The fourth-order valence-electron chi connectivity index (χ4n) is 4.64. The highest BCUT2D eigenvalue weighted by atomic mass is 16.5. The second kappa shape index (κ2) is 9.38. The number of anilines is 2. The van der Waals surface area contributed by atoms with E-state index in [0.717, 1.165) is 40.7 Å². The Morgan fingerprint density at radius 1 is 1.23 bits per heavy atom. The fourth-order valence-corrected chi connectivity index (χ4v) is 4.64. The molecule has 35 heavy (non-hydrogen) atoms.